The molecule has 0 saturated heterocycles. The number of carbonyl (C=O) groups is 2. The molecule has 3 heterocycles. The molecule has 0 saturated carbocycles. The summed E-state index contributed by atoms with van der Waals surface area (Å²) in [5, 5.41) is 8.82. The highest BCUT2D eigenvalue weighted by atomic mass is 32.1. The first-order valence-corrected chi connectivity index (χ1v) is 9.95. The third kappa shape index (κ3) is 4.22. The van der Waals surface area contributed by atoms with Gasteiger partial charge in [0, 0.05) is 10.8 Å². The van der Waals surface area contributed by atoms with Crippen LogP contribution in [0.25, 0.3) is 11.0 Å². The number of aromatic nitrogens is 1. The largest absolute Gasteiger partial charge is 0.469 e. The van der Waals surface area contributed by atoms with Gasteiger partial charge in [0.25, 0.3) is 5.91 Å². The van der Waals surface area contributed by atoms with E-state index in [2.05, 4.69) is 15.6 Å². The van der Waals surface area contributed by atoms with Crippen molar-refractivity contribution in [2.45, 2.75) is 26.3 Å². The van der Waals surface area contributed by atoms with Crippen molar-refractivity contribution >= 4 is 39.3 Å². The van der Waals surface area contributed by atoms with Gasteiger partial charge in [-0.05, 0) is 32.0 Å². The van der Waals surface area contributed by atoms with Gasteiger partial charge in [-0.3, -0.25) is 14.9 Å². The lowest BCUT2D eigenvalue weighted by Crippen LogP contribution is -2.28. The maximum absolute atomic E-state index is 12.4. The second kappa shape index (κ2) is 7.92. The number of aryl methyl sites for hydroxylation is 1. The Bertz CT molecular complexity index is 1140. The monoisotopic (exact) mass is 409 g/mol. The Balaban J connectivity index is 1.35. The minimum Gasteiger partial charge on any atom is -0.469 e. The molecule has 8 heteroatoms. The molecular formula is C21H19N3O4S. The van der Waals surface area contributed by atoms with E-state index in [1.807, 2.05) is 37.3 Å². The van der Waals surface area contributed by atoms with Gasteiger partial charge in [0.1, 0.15) is 17.1 Å². The first-order valence-electron chi connectivity index (χ1n) is 9.07. The van der Waals surface area contributed by atoms with Gasteiger partial charge in [0.05, 0.1) is 30.0 Å². The first-order chi connectivity index (χ1) is 14.0. The molecule has 29 heavy (non-hydrogen) atoms. The summed E-state index contributed by atoms with van der Waals surface area (Å²) in [5.41, 5.74) is 1.83. The minimum atomic E-state index is -0.292. The van der Waals surface area contributed by atoms with Crippen LogP contribution in [0.4, 0.5) is 5.13 Å². The second-order valence-electron chi connectivity index (χ2n) is 6.64. The van der Waals surface area contributed by atoms with E-state index in [0.717, 1.165) is 11.0 Å². The molecule has 3 aromatic heterocycles. The number of hydrogen-bond acceptors (Lipinski definition) is 6. The van der Waals surface area contributed by atoms with Crippen molar-refractivity contribution in [1.82, 2.24) is 10.3 Å². The SMILES string of the molecule is Cc1occc1C(=O)Nc1nc(CC(=O)NC(C)c2cc3ccccc3o2)cs1. The Kier molecular flexibility index (Phi) is 5.18. The van der Waals surface area contributed by atoms with E-state index in [1.165, 1.54) is 17.6 Å². The van der Waals surface area contributed by atoms with Crippen LogP contribution >= 0.6 is 11.3 Å². The number of hydrogen-bond donors (Lipinski definition) is 2. The van der Waals surface area contributed by atoms with E-state index in [1.54, 1.807) is 18.4 Å². The van der Waals surface area contributed by atoms with E-state index in [0.29, 0.717) is 27.9 Å². The van der Waals surface area contributed by atoms with E-state index in [9.17, 15) is 9.59 Å². The van der Waals surface area contributed by atoms with Crippen LogP contribution in [0.2, 0.25) is 0 Å². The van der Waals surface area contributed by atoms with Crippen LogP contribution in [0.3, 0.4) is 0 Å². The highest BCUT2D eigenvalue weighted by Crippen LogP contribution is 2.24. The van der Waals surface area contributed by atoms with Gasteiger partial charge in [-0.25, -0.2) is 4.98 Å². The van der Waals surface area contributed by atoms with Crippen LogP contribution < -0.4 is 10.6 Å². The molecule has 0 aliphatic carbocycles. The molecule has 0 spiro atoms. The zero-order chi connectivity index (χ0) is 20.4. The summed E-state index contributed by atoms with van der Waals surface area (Å²) in [7, 11) is 0. The Morgan fingerprint density at radius 3 is 2.83 bits per heavy atom. The molecule has 4 rings (SSSR count). The number of rotatable bonds is 6. The molecule has 0 aliphatic rings. The summed E-state index contributed by atoms with van der Waals surface area (Å²) in [6, 6.07) is 11.0. The van der Waals surface area contributed by atoms with Gasteiger partial charge >= 0.3 is 0 Å². The number of amides is 2. The molecule has 4 aromatic rings. The van der Waals surface area contributed by atoms with Gasteiger partial charge in [-0.15, -0.1) is 11.3 Å². The van der Waals surface area contributed by atoms with Crippen molar-refractivity contribution in [3.8, 4) is 0 Å². The van der Waals surface area contributed by atoms with Gasteiger partial charge in [0.15, 0.2) is 5.13 Å². The Morgan fingerprint density at radius 2 is 2.07 bits per heavy atom. The summed E-state index contributed by atoms with van der Waals surface area (Å²) in [5.74, 6) is 0.770. The van der Waals surface area contributed by atoms with E-state index in [-0.39, 0.29) is 24.3 Å². The smallest absolute Gasteiger partial charge is 0.260 e. The standard InChI is InChI=1S/C21H19N3O4S/c1-12(18-9-14-5-3-4-6-17(14)28-18)22-19(25)10-15-11-29-21(23-15)24-20(26)16-7-8-27-13(16)2/h3-9,11-12H,10H2,1-2H3,(H,22,25)(H,23,24,26). The summed E-state index contributed by atoms with van der Waals surface area (Å²) in [6.45, 7) is 3.59. The normalized spacial score (nSPS) is 12.1. The number of fused-ring (bicyclic) bond motifs is 1. The third-order valence-electron chi connectivity index (χ3n) is 4.47. The van der Waals surface area contributed by atoms with Crippen molar-refractivity contribution in [2.24, 2.45) is 0 Å². The van der Waals surface area contributed by atoms with E-state index in [4.69, 9.17) is 8.83 Å². The van der Waals surface area contributed by atoms with Gasteiger partial charge in [0.2, 0.25) is 5.91 Å². The fourth-order valence-electron chi connectivity index (χ4n) is 2.97. The highest BCUT2D eigenvalue weighted by Gasteiger charge is 2.17. The predicted octanol–water partition coefficient (Wildman–Crippen LogP) is 4.46. The van der Waals surface area contributed by atoms with Crippen molar-refractivity contribution in [1.29, 1.82) is 0 Å². The molecule has 7 nitrogen and oxygen atoms in total. The quantitative estimate of drug-likeness (QED) is 0.490. The fourth-order valence-corrected chi connectivity index (χ4v) is 3.68. The summed E-state index contributed by atoms with van der Waals surface area (Å²) in [4.78, 5) is 28.9. The number of thiazole rings is 1. The molecule has 0 aliphatic heterocycles. The Morgan fingerprint density at radius 1 is 1.24 bits per heavy atom. The van der Waals surface area contributed by atoms with Crippen molar-refractivity contribution < 1.29 is 18.4 Å². The summed E-state index contributed by atoms with van der Waals surface area (Å²) >= 11 is 1.27. The fraction of sp³-hybridized carbons (Fsp3) is 0.190. The van der Waals surface area contributed by atoms with Gasteiger partial charge in [-0.2, -0.15) is 0 Å². The minimum absolute atomic E-state index is 0.113. The molecule has 2 amide bonds. The molecule has 0 radical (unpaired) electrons. The summed E-state index contributed by atoms with van der Waals surface area (Å²) < 4.78 is 10.9. The highest BCUT2D eigenvalue weighted by molar-refractivity contribution is 7.14. The van der Waals surface area contributed by atoms with Crippen molar-refractivity contribution in [3.63, 3.8) is 0 Å². The summed E-state index contributed by atoms with van der Waals surface area (Å²) in [6.07, 6.45) is 1.58. The second-order valence-corrected chi connectivity index (χ2v) is 7.50. The van der Waals surface area contributed by atoms with Gasteiger partial charge < -0.3 is 14.2 Å². The third-order valence-corrected chi connectivity index (χ3v) is 5.27. The molecule has 1 atom stereocenters. The molecule has 0 fully saturated rings. The van der Waals surface area contributed by atoms with Crippen LogP contribution in [0.5, 0.6) is 0 Å². The molecule has 1 aromatic carbocycles. The van der Waals surface area contributed by atoms with Crippen molar-refractivity contribution in [3.05, 3.63) is 70.8 Å². The molecule has 1 unspecified atom stereocenters. The molecular weight excluding hydrogens is 390 g/mol. The van der Waals surface area contributed by atoms with Crippen molar-refractivity contribution in [2.75, 3.05) is 5.32 Å². The molecule has 0 bridgehead atoms. The van der Waals surface area contributed by atoms with Crippen LogP contribution in [0, 0.1) is 6.92 Å². The lowest BCUT2D eigenvalue weighted by Gasteiger charge is -2.10. The number of nitrogens with one attached hydrogen (secondary N) is 2. The first kappa shape index (κ1) is 18.9. The zero-order valence-corrected chi connectivity index (χ0v) is 16.7. The predicted molar refractivity (Wildman–Crippen MR) is 110 cm³/mol. The van der Waals surface area contributed by atoms with Crippen LogP contribution in [-0.2, 0) is 11.2 Å². The topological polar surface area (TPSA) is 97.4 Å². The lowest BCUT2D eigenvalue weighted by molar-refractivity contribution is -0.121. The molecule has 148 valence electrons. The number of anilines is 1. The van der Waals surface area contributed by atoms with Crippen LogP contribution in [-0.4, -0.2) is 16.8 Å². The number of benzene rings is 1. The van der Waals surface area contributed by atoms with E-state index < -0.39 is 0 Å². The number of nitrogens with zero attached hydrogens (tertiary/aromatic N) is 1. The number of para-hydroxylation sites is 1. The van der Waals surface area contributed by atoms with Crippen LogP contribution in [0.1, 0.15) is 40.5 Å². The number of furan rings is 2. The van der Waals surface area contributed by atoms with E-state index >= 15 is 0 Å². The average Bonchev–Trinajstić information content (AvgIpc) is 3.41. The average molecular weight is 409 g/mol. The Labute approximate surface area is 170 Å². The maximum atomic E-state index is 12.4. The lowest BCUT2D eigenvalue weighted by atomic mass is 10.2. The number of carbonyl (C=O) groups excluding carboxylic acids is 2. The Hall–Kier alpha value is -3.39. The maximum Gasteiger partial charge on any atom is 0.260 e. The zero-order valence-electron chi connectivity index (χ0n) is 15.9. The van der Waals surface area contributed by atoms with Gasteiger partial charge in [-0.1, -0.05) is 18.2 Å². The molecule has 2 N–H and O–H groups in total. The van der Waals surface area contributed by atoms with Crippen LogP contribution in [0.15, 0.2) is 56.9 Å².